The molecule has 0 aromatic carbocycles. The number of hydrogen-bond donors (Lipinski definition) is 1. The molecule has 0 saturated heterocycles. The molecule has 0 atom stereocenters. The molecule has 140 valence electrons. The van der Waals surface area contributed by atoms with Crippen LogP contribution in [-0.4, -0.2) is 32.3 Å². The Kier molecular flexibility index (Phi) is 13.7. The van der Waals surface area contributed by atoms with E-state index in [4.69, 9.17) is 16.3 Å². The number of alkyl halides is 1. The van der Waals surface area contributed by atoms with Gasteiger partial charge in [0.1, 0.15) is 6.67 Å². The number of hydrogen-bond acceptors (Lipinski definition) is 3. The van der Waals surface area contributed by atoms with E-state index in [9.17, 15) is 9.18 Å². The molecule has 0 fully saturated rings. The highest BCUT2D eigenvalue weighted by molar-refractivity contribution is 6.29. The second-order valence-corrected chi connectivity index (χ2v) is 5.81. The lowest BCUT2D eigenvalue weighted by molar-refractivity contribution is -0.143. The zero-order valence-corrected chi connectivity index (χ0v) is 16.2. The fourth-order valence-corrected chi connectivity index (χ4v) is 2.29. The Hall–Kier alpha value is -1.65. The van der Waals surface area contributed by atoms with Crippen molar-refractivity contribution in [3.8, 4) is 0 Å². The van der Waals surface area contributed by atoms with Crippen molar-refractivity contribution in [3.63, 3.8) is 0 Å². The lowest BCUT2D eigenvalue weighted by atomic mass is 9.95. The van der Waals surface area contributed by atoms with E-state index >= 15 is 0 Å². The maximum Gasteiger partial charge on any atom is 0.306 e. The Morgan fingerprint density at radius 1 is 1.32 bits per heavy atom. The van der Waals surface area contributed by atoms with Gasteiger partial charge in [-0.2, -0.15) is 0 Å². The number of carbonyl (C=O) groups is 1. The molecule has 0 amide bonds. The van der Waals surface area contributed by atoms with Gasteiger partial charge in [0.25, 0.3) is 0 Å². The van der Waals surface area contributed by atoms with Crippen molar-refractivity contribution in [1.29, 1.82) is 0 Å². The third-order valence-corrected chi connectivity index (χ3v) is 3.31. The summed E-state index contributed by atoms with van der Waals surface area (Å²) in [7, 11) is 0. The molecule has 1 N–H and O–H groups in total. The highest BCUT2D eigenvalue weighted by atomic mass is 35.5. The Balaban J connectivity index is 5.62. The third kappa shape index (κ3) is 10.7. The van der Waals surface area contributed by atoms with E-state index in [1.54, 1.807) is 26.0 Å². The lowest BCUT2D eigenvalue weighted by Crippen LogP contribution is -2.18. The van der Waals surface area contributed by atoms with E-state index in [1.807, 2.05) is 19.1 Å². The fraction of sp³-hybridized carbons (Fsp3) is 0.450. The molecular formula is C20H29ClFNO2. The van der Waals surface area contributed by atoms with Crippen LogP contribution in [-0.2, 0) is 9.53 Å². The van der Waals surface area contributed by atoms with E-state index in [0.29, 0.717) is 24.6 Å². The van der Waals surface area contributed by atoms with Crippen LogP contribution in [0.3, 0.4) is 0 Å². The maximum atomic E-state index is 13.0. The summed E-state index contributed by atoms with van der Waals surface area (Å²) in [5.74, 6) is -0.244. The summed E-state index contributed by atoms with van der Waals surface area (Å²) in [6, 6.07) is 0. The van der Waals surface area contributed by atoms with Crippen LogP contribution in [0.5, 0.6) is 0 Å². The number of esters is 1. The van der Waals surface area contributed by atoms with Crippen LogP contribution in [0.4, 0.5) is 4.39 Å². The van der Waals surface area contributed by atoms with Gasteiger partial charge in [0.2, 0.25) is 0 Å². The number of carbonyl (C=O) groups excluding carboxylic acids is 1. The Bertz CT molecular complexity index is 544. The molecule has 5 heteroatoms. The van der Waals surface area contributed by atoms with Crippen molar-refractivity contribution in [2.75, 3.05) is 26.4 Å². The van der Waals surface area contributed by atoms with Crippen molar-refractivity contribution in [3.05, 3.63) is 58.7 Å². The lowest BCUT2D eigenvalue weighted by Gasteiger charge is -2.14. The highest BCUT2D eigenvalue weighted by Crippen LogP contribution is 2.24. The topological polar surface area (TPSA) is 38.3 Å². The Morgan fingerprint density at radius 3 is 2.56 bits per heavy atom. The van der Waals surface area contributed by atoms with E-state index in [1.165, 1.54) is 6.08 Å². The van der Waals surface area contributed by atoms with E-state index < -0.39 is 6.67 Å². The first-order valence-electron chi connectivity index (χ1n) is 8.48. The van der Waals surface area contributed by atoms with Gasteiger partial charge in [0, 0.05) is 18.0 Å². The van der Waals surface area contributed by atoms with Crippen LogP contribution in [0.25, 0.3) is 0 Å². The van der Waals surface area contributed by atoms with Gasteiger partial charge in [0.05, 0.1) is 6.61 Å². The summed E-state index contributed by atoms with van der Waals surface area (Å²) in [6.07, 6.45) is 9.52. The molecule has 3 nitrogen and oxygen atoms in total. The smallest absolute Gasteiger partial charge is 0.306 e. The van der Waals surface area contributed by atoms with Crippen LogP contribution in [0.15, 0.2) is 58.7 Å². The van der Waals surface area contributed by atoms with Crippen molar-refractivity contribution in [1.82, 2.24) is 5.32 Å². The molecular weight excluding hydrogens is 341 g/mol. The molecule has 0 unspecified atom stereocenters. The first-order valence-corrected chi connectivity index (χ1v) is 8.86. The Morgan fingerprint density at radius 2 is 2.04 bits per heavy atom. The molecule has 25 heavy (non-hydrogen) atoms. The first kappa shape index (κ1) is 23.4. The number of ether oxygens (including phenoxy) is 1. The molecule has 0 bridgehead atoms. The van der Waals surface area contributed by atoms with Gasteiger partial charge < -0.3 is 10.1 Å². The molecule has 0 saturated carbocycles. The van der Waals surface area contributed by atoms with Gasteiger partial charge in [0.15, 0.2) is 0 Å². The highest BCUT2D eigenvalue weighted by Gasteiger charge is 2.10. The standard InChI is InChI=1S/C20H29ClFNO2/c1-5-9-19(18(12-13-22)15-23-6-2)17(14-16(4)21)10-8-11-20(24)25-7-3/h5,9-10,12,14,23H,1,6-8,11,13,15H2,2-4H3/b16-14+,17-10+,18-12-,19-9-. The number of rotatable bonds is 12. The molecule has 0 aliphatic carbocycles. The predicted octanol–water partition coefficient (Wildman–Crippen LogP) is 5.02. The number of halogens is 2. The van der Waals surface area contributed by atoms with E-state index in [-0.39, 0.29) is 12.4 Å². The van der Waals surface area contributed by atoms with Crippen LogP contribution in [0.2, 0.25) is 0 Å². The zero-order chi connectivity index (χ0) is 19.1. The summed E-state index contributed by atoms with van der Waals surface area (Å²) in [5, 5.41) is 3.80. The molecule has 0 aromatic heterocycles. The summed E-state index contributed by atoms with van der Waals surface area (Å²) >= 11 is 6.06. The van der Waals surface area contributed by atoms with Crippen molar-refractivity contribution >= 4 is 17.6 Å². The number of allylic oxidation sites excluding steroid dienone is 7. The van der Waals surface area contributed by atoms with Gasteiger partial charge in [-0.25, -0.2) is 4.39 Å². The minimum atomic E-state index is -0.561. The molecule has 0 aliphatic rings. The van der Waals surface area contributed by atoms with Gasteiger partial charge in [-0.05, 0) is 55.7 Å². The summed E-state index contributed by atoms with van der Waals surface area (Å²) in [4.78, 5) is 11.5. The summed E-state index contributed by atoms with van der Waals surface area (Å²) in [5.41, 5.74) is 2.48. The average molecular weight is 370 g/mol. The van der Waals surface area contributed by atoms with Crippen molar-refractivity contribution in [2.45, 2.75) is 33.6 Å². The normalized spacial score (nSPS) is 13.8. The summed E-state index contributed by atoms with van der Waals surface area (Å²) in [6.45, 7) is 10.4. The zero-order valence-electron chi connectivity index (χ0n) is 15.4. The fourth-order valence-electron chi connectivity index (χ4n) is 2.18. The van der Waals surface area contributed by atoms with Crippen molar-refractivity contribution < 1.29 is 13.9 Å². The monoisotopic (exact) mass is 369 g/mol. The molecule has 0 radical (unpaired) electrons. The quantitative estimate of drug-likeness (QED) is 0.388. The molecule has 0 aliphatic heterocycles. The first-order chi connectivity index (χ1) is 12.0. The van der Waals surface area contributed by atoms with Crippen LogP contribution in [0.1, 0.15) is 33.6 Å². The Labute approximate surface area is 156 Å². The molecule has 0 heterocycles. The van der Waals surface area contributed by atoms with Gasteiger partial charge in [-0.1, -0.05) is 43.3 Å². The molecule has 0 spiro atoms. The van der Waals surface area contributed by atoms with Crippen molar-refractivity contribution in [2.24, 2.45) is 0 Å². The van der Waals surface area contributed by atoms with E-state index in [2.05, 4.69) is 11.9 Å². The minimum absolute atomic E-state index is 0.244. The maximum absolute atomic E-state index is 13.0. The van der Waals surface area contributed by atoms with Crippen LogP contribution < -0.4 is 5.32 Å². The van der Waals surface area contributed by atoms with Gasteiger partial charge in [-0.15, -0.1) is 0 Å². The SMILES string of the molecule is C=C/C=C(C(/C=C(\C)Cl)=C/CCC(=O)OCC)\C(=C/CF)CNCC. The molecule has 0 aromatic rings. The van der Waals surface area contributed by atoms with Gasteiger partial charge >= 0.3 is 5.97 Å². The van der Waals surface area contributed by atoms with Crippen LogP contribution >= 0.6 is 11.6 Å². The minimum Gasteiger partial charge on any atom is -0.466 e. The largest absolute Gasteiger partial charge is 0.466 e. The molecule has 0 rings (SSSR count). The summed E-state index contributed by atoms with van der Waals surface area (Å²) < 4.78 is 17.9. The van der Waals surface area contributed by atoms with Gasteiger partial charge in [-0.3, -0.25) is 4.79 Å². The second-order valence-electron chi connectivity index (χ2n) is 5.21. The van der Waals surface area contributed by atoms with Crippen LogP contribution in [0, 0.1) is 0 Å². The average Bonchev–Trinajstić information content (AvgIpc) is 2.56. The third-order valence-electron chi connectivity index (χ3n) is 3.20. The van der Waals surface area contributed by atoms with E-state index in [0.717, 1.165) is 23.3 Å². The number of likely N-dealkylation sites (N-methyl/N-ethyl adjacent to an activating group) is 1. The second kappa shape index (κ2) is 14.7. The number of nitrogens with one attached hydrogen (secondary N) is 1. The predicted molar refractivity (Wildman–Crippen MR) is 104 cm³/mol.